The van der Waals surface area contributed by atoms with Crippen molar-refractivity contribution in [3.63, 3.8) is 0 Å². The lowest BCUT2D eigenvalue weighted by Crippen LogP contribution is -2.43. The molecular formula is C12H22INO3. The highest BCUT2D eigenvalue weighted by Crippen LogP contribution is 2.11. The smallest absolute Gasteiger partial charge is 0.376 e. The van der Waals surface area contributed by atoms with E-state index < -0.39 is 23.4 Å². The second-order valence-corrected chi connectivity index (χ2v) is 6.15. The average molecular weight is 355 g/mol. The molecule has 0 radical (unpaired) electrons. The summed E-state index contributed by atoms with van der Waals surface area (Å²) >= 11 is 2.12. The SMILES string of the molecule is CC(C)C[C@H](NCI)C(=O)C(=O)OC(C)(C)C. The van der Waals surface area contributed by atoms with Crippen molar-refractivity contribution in [2.75, 3.05) is 4.55 Å². The number of alkyl halides is 1. The second-order valence-electron chi connectivity index (χ2n) is 5.39. The number of halogens is 1. The normalized spacial score (nSPS) is 13.6. The van der Waals surface area contributed by atoms with Gasteiger partial charge >= 0.3 is 5.97 Å². The minimum Gasteiger partial charge on any atom is -0.454 e. The molecule has 0 saturated heterocycles. The van der Waals surface area contributed by atoms with E-state index in [0.717, 1.165) is 0 Å². The summed E-state index contributed by atoms with van der Waals surface area (Å²) < 4.78 is 5.71. The fourth-order valence-corrected chi connectivity index (χ4v) is 1.85. The zero-order valence-corrected chi connectivity index (χ0v) is 13.3. The number of nitrogens with one attached hydrogen (secondary N) is 1. The lowest BCUT2D eigenvalue weighted by molar-refractivity contribution is -0.163. The Bertz CT molecular complexity index is 271. The van der Waals surface area contributed by atoms with Gasteiger partial charge in [0.05, 0.1) is 6.04 Å². The van der Waals surface area contributed by atoms with E-state index in [-0.39, 0.29) is 0 Å². The van der Waals surface area contributed by atoms with E-state index in [0.29, 0.717) is 16.9 Å². The Balaban J connectivity index is 4.55. The lowest BCUT2D eigenvalue weighted by atomic mass is 10.0. The predicted octanol–water partition coefficient (Wildman–Crippen LogP) is 2.29. The third-order valence-corrected chi connectivity index (χ3v) is 2.39. The number of rotatable bonds is 6. The monoisotopic (exact) mass is 355 g/mol. The molecule has 0 saturated carbocycles. The Labute approximate surface area is 117 Å². The molecule has 0 aliphatic rings. The summed E-state index contributed by atoms with van der Waals surface area (Å²) in [6.07, 6.45) is 0.640. The summed E-state index contributed by atoms with van der Waals surface area (Å²) in [5, 5.41) is 3.02. The van der Waals surface area contributed by atoms with E-state index in [2.05, 4.69) is 27.9 Å². The molecule has 0 aliphatic carbocycles. The third-order valence-electron chi connectivity index (χ3n) is 1.95. The van der Waals surface area contributed by atoms with Gasteiger partial charge in [0.15, 0.2) is 0 Å². The van der Waals surface area contributed by atoms with Crippen LogP contribution in [0, 0.1) is 5.92 Å². The summed E-state index contributed by atoms with van der Waals surface area (Å²) in [6, 6.07) is -0.443. The first-order valence-corrected chi connectivity index (χ1v) is 7.26. The molecule has 0 fully saturated rings. The summed E-state index contributed by atoms with van der Waals surface area (Å²) in [4.78, 5) is 23.5. The van der Waals surface area contributed by atoms with E-state index >= 15 is 0 Å². The van der Waals surface area contributed by atoms with Crippen LogP contribution in [0.3, 0.4) is 0 Å². The van der Waals surface area contributed by atoms with Gasteiger partial charge in [-0.1, -0.05) is 36.4 Å². The van der Waals surface area contributed by atoms with E-state index in [1.807, 2.05) is 13.8 Å². The topological polar surface area (TPSA) is 55.4 Å². The Kier molecular flexibility index (Phi) is 7.23. The molecule has 0 aromatic heterocycles. The van der Waals surface area contributed by atoms with E-state index in [1.165, 1.54) is 0 Å². The van der Waals surface area contributed by atoms with Gasteiger partial charge in [0.25, 0.3) is 5.78 Å². The minimum absolute atomic E-state index is 0.349. The molecule has 4 nitrogen and oxygen atoms in total. The van der Waals surface area contributed by atoms with Crippen molar-refractivity contribution in [1.29, 1.82) is 0 Å². The average Bonchev–Trinajstić information content (AvgIpc) is 2.12. The number of ketones is 1. The Morgan fingerprint density at radius 3 is 2.18 bits per heavy atom. The fraction of sp³-hybridized carbons (Fsp3) is 0.833. The molecule has 17 heavy (non-hydrogen) atoms. The first-order chi connectivity index (χ1) is 7.67. The molecule has 0 heterocycles. The second kappa shape index (κ2) is 7.31. The number of ether oxygens (including phenoxy) is 1. The predicted molar refractivity (Wildman–Crippen MR) is 76.1 cm³/mol. The van der Waals surface area contributed by atoms with E-state index in [1.54, 1.807) is 20.8 Å². The van der Waals surface area contributed by atoms with Crippen molar-refractivity contribution < 1.29 is 14.3 Å². The van der Waals surface area contributed by atoms with Crippen LogP contribution < -0.4 is 5.32 Å². The molecule has 0 aromatic carbocycles. The van der Waals surface area contributed by atoms with Crippen molar-refractivity contribution in [2.24, 2.45) is 5.92 Å². The van der Waals surface area contributed by atoms with Crippen LogP contribution in [-0.4, -0.2) is 27.9 Å². The molecule has 1 atom stereocenters. The van der Waals surface area contributed by atoms with E-state index in [4.69, 9.17) is 4.74 Å². The lowest BCUT2D eigenvalue weighted by Gasteiger charge is -2.22. The number of hydrogen-bond acceptors (Lipinski definition) is 4. The first kappa shape index (κ1) is 16.8. The minimum atomic E-state index is -0.750. The van der Waals surface area contributed by atoms with Crippen LogP contribution in [0.25, 0.3) is 0 Å². The number of esters is 1. The molecule has 100 valence electrons. The van der Waals surface area contributed by atoms with Crippen molar-refractivity contribution in [3.8, 4) is 0 Å². The van der Waals surface area contributed by atoms with Crippen molar-refractivity contribution in [3.05, 3.63) is 0 Å². The van der Waals surface area contributed by atoms with Crippen LogP contribution in [0.15, 0.2) is 0 Å². The molecule has 5 heteroatoms. The number of carbonyl (C=O) groups is 2. The maximum Gasteiger partial charge on any atom is 0.376 e. The third kappa shape index (κ3) is 7.70. The van der Waals surface area contributed by atoms with Crippen molar-refractivity contribution >= 4 is 34.3 Å². The number of carbonyl (C=O) groups excluding carboxylic acids is 2. The number of hydrogen-bond donors (Lipinski definition) is 1. The largest absolute Gasteiger partial charge is 0.454 e. The Morgan fingerprint density at radius 1 is 1.29 bits per heavy atom. The fourth-order valence-electron chi connectivity index (χ4n) is 1.32. The van der Waals surface area contributed by atoms with Crippen molar-refractivity contribution in [1.82, 2.24) is 5.32 Å². The quantitative estimate of drug-likeness (QED) is 0.261. The van der Waals surface area contributed by atoms with Gasteiger partial charge in [0, 0.05) is 4.55 Å². The summed E-state index contributed by atoms with van der Waals surface area (Å²) in [5.74, 6) is -0.882. The molecule has 0 unspecified atom stereocenters. The van der Waals surface area contributed by atoms with Gasteiger partial charge in [0.1, 0.15) is 5.60 Å². The van der Waals surface area contributed by atoms with Crippen LogP contribution >= 0.6 is 22.6 Å². The summed E-state index contributed by atoms with van der Waals surface area (Å²) in [7, 11) is 0. The highest BCUT2D eigenvalue weighted by Gasteiger charge is 2.29. The first-order valence-electron chi connectivity index (χ1n) is 5.74. The van der Waals surface area contributed by atoms with Gasteiger partial charge in [-0.3, -0.25) is 10.1 Å². The zero-order chi connectivity index (χ0) is 13.6. The van der Waals surface area contributed by atoms with Crippen LogP contribution in [0.5, 0.6) is 0 Å². The highest BCUT2D eigenvalue weighted by atomic mass is 127. The molecule has 0 aliphatic heterocycles. The van der Waals surface area contributed by atoms with Gasteiger partial charge in [-0.2, -0.15) is 0 Å². The standard InChI is InChI=1S/C12H22INO3/c1-8(2)6-9(14-7-13)10(15)11(16)17-12(3,4)5/h8-9,14H,6-7H2,1-5H3/t9-/m0/s1. The Morgan fingerprint density at radius 2 is 1.82 bits per heavy atom. The summed E-state index contributed by atoms with van der Waals surface area (Å²) in [6.45, 7) is 9.29. The summed E-state index contributed by atoms with van der Waals surface area (Å²) in [5.41, 5.74) is -0.626. The van der Waals surface area contributed by atoms with Crippen LogP contribution in [0.1, 0.15) is 41.0 Å². The van der Waals surface area contributed by atoms with Crippen molar-refractivity contribution in [2.45, 2.75) is 52.7 Å². The van der Waals surface area contributed by atoms with Crippen LogP contribution in [0.4, 0.5) is 0 Å². The molecular weight excluding hydrogens is 333 g/mol. The molecule has 0 bridgehead atoms. The van der Waals surface area contributed by atoms with Gasteiger partial charge < -0.3 is 4.74 Å². The highest BCUT2D eigenvalue weighted by molar-refractivity contribution is 14.1. The Hall–Kier alpha value is -0.170. The molecule has 0 spiro atoms. The molecule has 1 N–H and O–H groups in total. The number of Topliss-reactive ketones (excluding diaryl/α,β-unsaturated/α-hetero) is 1. The van der Waals surface area contributed by atoms with Crippen LogP contribution in [0.2, 0.25) is 0 Å². The maximum atomic E-state index is 11.9. The van der Waals surface area contributed by atoms with Gasteiger partial charge in [-0.05, 0) is 33.1 Å². The maximum absolute atomic E-state index is 11.9. The zero-order valence-electron chi connectivity index (χ0n) is 11.2. The molecule has 0 aromatic rings. The van der Waals surface area contributed by atoms with E-state index in [9.17, 15) is 9.59 Å². The van der Waals surface area contributed by atoms with Gasteiger partial charge in [-0.25, -0.2) is 4.79 Å². The van der Waals surface area contributed by atoms with Gasteiger partial charge in [0.2, 0.25) is 0 Å². The molecule has 0 rings (SSSR count). The van der Waals surface area contributed by atoms with Crippen LogP contribution in [-0.2, 0) is 14.3 Å². The molecule has 0 amide bonds. The van der Waals surface area contributed by atoms with Gasteiger partial charge in [-0.15, -0.1) is 0 Å².